The Balaban J connectivity index is 1.44. The summed E-state index contributed by atoms with van der Waals surface area (Å²) < 4.78 is 0.655. The number of fused-ring (bicyclic) bond motifs is 2. The largest absolute Gasteiger partial charge is 0.338 e. The summed E-state index contributed by atoms with van der Waals surface area (Å²) >= 11 is 3.61. The van der Waals surface area contributed by atoms with Gasteiger partial charge in [-0.15, -0.1) is 0 Å². The minimum absolute atomic E-state index is 0.0329. The summed E-state index contributed by atoms with van der Waals surface area (Å²) in [5.41, 5.74) is 2.56. The molecule has 3 N–H and O–H groups in total. The Labute approximate surface area is 186 Å². The number of halogens is 1. The van der Waals surface area contributed by atoms with Crippen LogP contribution in [0.1, 0.15) is 23.3 Å². The van der Waals surface area contributed by atoms with Crippen LogP contribution in [-0.4, -0.2) is 79.1 Å². The van der Waals surface area contributed by atoms with E-state index >= 15 is 0 Å². The molecule has 11 heteroatoms. The zero-order valence-corrected chi connectivity index (χ0v) is 18.8. The first kappa shape index (κ1) is 19.9. The van der Waals surface area contributed by atoms with Gasteiger partial charge in [0.15, 0.2) is 5.65 Å². The molecule has 0 atom stereocenters. The fourth-order valence-corrected chi connectivity index (χ4v) is 4.66. The summed E-state index contributed by atoms with van der Waals surface area (Å²) in [5, 5.41) is 11.7. The molecule has 160 valence electrons. The summed E-state index contributed by atoms with van der Waals surface area (Å²) in [6, 6.07) is 2.44. The Morgan fingerprint density at radius 3 is 2.77 bits per heavy atom. The number of aromatic amines is 2. The SMILES string of the molecule is CN(C)C1CCN(C(=O)c2[nH]c3ncnc(Nc4cnc5[nH]ncc5c4)c3c2Br)CC1. The first-order valence-electron chi connectivity index (χ1n) is 10.1. The second-order valence-electron chi connectivity index (χ2n) is 7.90. The molecule has 10 nitrogen and oxygen atoms in total. The van der Waals surface area contributed by atoms with Crippen LogP contribution in [0.2, 0.25) is 0 Å². The molecule has 4 aromatic heterocycles. The number of nitrogens with one attached hydrogen (secondary N) is 3. The molecular formula is C20H22BrN9O. The number of carbonyl (C=O) groups excluding carboxylic acids is 1. The smallest absolute Gasteiger partial charge is 0.271 e. The number of nitrogens with zero attached hydrogens (tertiary/aromatic N) is 6. The van der Waals surface area contributed by atoms with Crippen molar-refractivity contribution in [2.45, 2.75) is 18.9 Å². The van der Waals surface area contributed by atoms with Gasteiger partial charge in [-0.25, -0.2) is 15.0 Å². The van der Waals surface area contributed by atoms with Crippen LogP contribution >= 0.6 is 15.9 Å². The summed E-state index contributed by atoms with van der Waals surface area (Å²) in [5.74, 6) is 0.553. The lowest BCUT2D eigenvalue weighted by Gasteiger charge is -2.35. The lowest BCUT2D eigenvalue weighted by molar-refractivity contribution is 0.0657. The first-order valence-corrected chi connectivity index (χ1v) is 10.8. The average Bonchev–Trinajstić information content (AvgIpc) is 3.38. The van der Waals surface area contributed by atoms with Gasteiger partial charge in [-0.1, -0.05) is 0 Å². The molecule has 0 spiro atoms. The number of hydrogen-bond acceptors (Lipinski definition) is 7. The van der Waals surface area contributed by atoms with Crippen molar-refractivity contribution < 1.29 is 4.79 Å². The monoisotopic (exact) mass is 483 g/mol. The van der Waals surface area contributed by atoms with Crippen LogP contribution < -0.4 is 5.32 Å². The second kappa shape index (κ2) is 7.89. The van der Waals surface area contributed by atoms with Crippen molar-refractivity contribution in [2.75, 3.05) is 32.5 Å². The van der Waals surface area contributed by atoms with Crippen molar-refractivity contribution in [1.82, 2.24) is 39.9 Å². The van der Waals surface area contributed by atoms with Gasteiger partial charge in [-0.2, -0.15) is 5.10 Å². The minimum Gasteiger partial charge on any atom is -0.338 e. The molecule has 4 aromatic rings. The maximum atomic E-state index is 13.2. The fourth-order valence-electron chi connectivity index (χ4n) is 4.01. The Hall–Kier alpha value is -3.05. The number of hydrogen-bond donors (Lipinski definition) is 3. The van der Waals surface area contributed by atoms with E-state index < -0.39 is 0 Å². The van der Waals surface area contributed by atoms with Gasteiger partial charge >= 0.3 is 0 Å². The van der Waals surface area contributed by atoms with Crippen molar-refractivity contribution in [2.24, 2.45) is 0 Å². The van der Waals surface area contributed by atoms with Crippen molar-refractivity contribution in [3.63, 3.8) is 0 Å². The second-order valence-corrected chi connectivity index (χ2v) is 8.70. The van der Waals surface area contributed by atoms with Gasteiger partial charge < -0.3 is 20.1 Å². The summed E-state index contributed by atoms with van der Waals surface area (Å²) in [6.07, 6.45) is 6.81. The van der Waals surface area contributed by atoms with Crippen LogP contribution in [0.3, 0.4) is 0 Å². The molecule has 0 aromatic carbocycles. The lowest BCUT2D eigenvalue weighted by Crippen LogP contribution is -2.44. The first-order chi connectivity index (χ1) is 15.0. The van der Waals surface area contributed by atoms with Crippen LogP contribution in [0.25, 0.3) is 22.1 Å². The van der Waals surface area contributed by atoms with Crippen molar-refractivity contribution in [1.29, 1.82) is 0 Å². The van der Waals surface area contributed by atoms with Crippen molar-refractivity contribution in [3.05, 3.63) is 35.0 Å². The van der Waals surface area contributed by atoms with Crippen LogP contribution in [0.4, 0.5) is 11.5 Å². The molecule has 0 radical (unpaired) electrons. The van der Waals surface area contributed by atoms with E-state index in [0.717, 1.165) is 42.4 Å². The highest BCUT2D eigenvalue weighted by Crippen LogP contribution is 2.34. The Bertz CT molecular complexity index is 1260. The number of aromatic nitrogens is 6. The summed E-state index contributed by atoms with van der Waals surface area (Å²) in [7, 11) is 4.17. The maximum absolute atomic E-state index is 13.2. The Morgan fingerprint density at radius 2 is 2.00 bits per heavy atom. The van der Waals surface area contributed by atoms with Crippen LogP contribution in [0.5, 0.6) is 0 Å². The van der Waals surface area contributed by atoms with Gasteiger partial charge in [0.1, 0.15) is 23.5 Å². The molecule has 1 aliphatic rings. The zero-order valence-electron chi connectivity index (χ0n) is 17.2. The van der Waals surface area contributed by atoms with Gasteiger partial charge in [0.25, 0.3) is 5.91 Å². The third-order valence-electron chi connectivity index (χ3n) is 5.78. The fraction of sp³-hybridized carbons (Fsp3) is 0.350. The molecule has 0 aliphatic carbocycles. The summed E-state index contributed by atoms with van der Waals surface area (Å²) in [4.78, 5) is 33.6. The normalized spacial score (nSPS) is 15.3. The number of piperidine rings is 1. The van der Waals surface area contributed by atoms with Gasteiger partial charge in [-0.05, 0) is 48.9 Å². The van der Waals surface area contributed by atoms with Crippen LogP contribution in [0.15, 0.2) is 29.3 Å². The highest BCUT2D eigenvalue weighted by Gasteiger charge is 2.28. The zero-order chi connectivity index (χ0) is 21.5. The van der Waals surface area contributed by atoms with Gasteiger partial charge in [-0.3, -0.25) is 9.89 Å². The molecule has 0 unspecified atom stereocenters. The number of anilines is 2. The van der Waals surface area contributed by atoms with Gasteiger partial charge in [0.2, 0.25) is 0 Å². The number of carbonyl (C=O) groups is 1. The number of pyridine rings is 1. The summed E-state index contributed by atoms with van der Waals surface area (Å²) in [6.45, 7) is 1.47. The lowest BCUT2D eigenvalue weighted by atomic mass is 10.0. The van der Waals surface area contributed by atoms with E-state index in [1.165, 1.54) is 6.33 Å². The predicted octanol–water partition coefficient (Wildman–Crippen LogP) is 2.90. The molecule has 1 fully saturated rings. The molecule has 1 amide bonds. The van der Waals surface area contributed by atoms with Crippen LogP contribution in [0, 0.1) is 0 Å². The highest BCUT2D eigenvalue weighted by molar-refractivity contribution is 9.10. The van der Waals surface area contributed by atoms with Gasteiger partial charge in [0.05, 0.1) is 27.9 Å². The van der Waals surface area contributed by atoms with E-state index in [1.807, 2.05) is 11.0 Å². The molecule has 0 bridgehead atoms. The van der Waals surface area contributed by atoms with Crippen molar-refractivity contribution in [3.8, 4) is 0 Å². The molecule has 5 heterocycles. The third kappa shape index (κ3) is 3.63. The number of H-pyrrole nitrogens is 2. The van der Waals surface area contributed by atoms with E-state index in [2.05, 4.69) is 70.4 Å². The van der Waals surface area contributed by atoms with E-state index in [9.17, 15) is 4.79 Å². The minimum atomic E-state index is -0.0329. The molecule has 0 saturated carbocycles. The number of amides is 1. The average molecular weight is 484 g/mol. The van der Waals surface area contributed by atoms with Gasteiger partial charge in [0, 0.05) is 24.5 Å². The predicted molar refractivity (Wildman–Crippen MR) is 121 cm³/mol. The molecule has 5 rings (SSSR count). The number of rotatable bonds is 4. The van der Waals surface area contributed by atoms with E-state index in [-0.39, 0.29) is 5.91 Å². The standard InChI is InChI=1S/C20H22BrN9O/c1-29(2)13-3-5-30(6-4-13)20(31)16-15(21)14-18(23-10-24-19(14)27-16)26-12-7-11-8-25-28-17(11)22-9-12/h7-10,13H,3-6H2,1-2H3,(H,22,25,28)(H2,23,24,26,27). The molecule has 1 aliphatic heterocycles. The maximum Gasteiger partial charge on any atom is 0.271 e. The van der Waals surface area contributed by atoms with Crippen LogP contribution in [-0.2, 0) is 0 Å². The Morgan fingerprint density at radius 1 is 1.19 bits per heavy atom. The number of likely N-dealkylation sites (tertiary alicyclic amines) is 1. The van der Waals surface area contributed by atoms with E-state index in [0.29, 0.717) is 33.3 Å². The van der Waals surface area contributed by atoms with E-state index in [4.69, 9.17) is 0 Å². The quantitative estimate of drug-likeness (QED) is 0.408. The molecular weight excluding hydrogens is 462 g/mol. The molecule has 1 saturated heterocycles. The van der Waals surface area contributed by atoms with Crippen molar-refractivity contribution >= 4 is 55.4 Å². The highest BCUT2D eigenvalue weighted by atomic mass is 79.9. The topological polar surface area (TPSA) is 119 Å². The third-order valence-corrected chi connectivity index (χ3v) is 6.57. The molecule has 31 heavy (non-hydrogen) atoms. The van der Waals surface area contributed by atoms with E-state index in [1.54, 1.807) is 12.4 Å². The Kier molecular flexibility index (Phi) is 5.06.